The Hall–Kier alpha value is -2.05. The summed E-state index contributed by atoms with van der Waals surface area (Å²) in [7, 11) is 0. The van der Waals surface area contributed by atoms with Crippen molar-refractivity contribution < 1.29 is 22.8 Å². The molecule has 1 aromatic rings. The second-order valence-corrected chi connectivity index (χ2v) is 5.71. The minimum atomic E-state index is -4.46. The molecule has 0 radical (unpaired) electrons. The van der Waals surface area contributed by atoms with E-state index in [0.29, 0.717) is 0 Å². The van der Waals surface area contributed by atoms with Crippen LogP contribution in [0.15, 0.2) is 24.3 Å². The van der Waals surface area contributed by atoms with Crippen LogP contribution < -0.4 is 5.32 Å². The zero-order chi connectivity index (χ0) is 17.0. The Morgan fingerprint density at radius 3 is 2.48 bits per heavy atom. The molecule has 1 aliphatic rings. The van der Waals surface area contributed by atoms with Gasteiger partial charge < -0.3 is 10.2 Å². The van der Waals surface area contributed by atoms with Gasteiger partial charge in [0, 0.05) is 18.7 Å². The Bertz CT molecular complexity index is 581. The molecule has 0 bridgehead atoms. The van der Waals surface area contributed by atoms with Crippen molar-refractivity contribution in [3.05, 3.63) is 29.8 Å². The number of carbonyl (C=O) groups is 2. The highest BCUT2D eigenvalue weighted by atomic mass is 19.4. The first-order valence-electron chi connectivity index (χ1n) is 7.51. The number of halogens is 3. The van der Waals surface area contributed by atoms with E-state index < -0.39 is 17.6 Å². The lowest BCUT2D eigenvalue weighted by molar-refractivity contribution is -0.137. The highest BCUT2D eigenvalue weighted by Crippen LogP contribution is 2.30. The van der Waals surface area contributed by atoms with Crippen LogP contribution in [0.4, 0.5) is 18.9 Å². The summed E-state index contributed by atoms with van der Waals surface area (Å²) in [6, 6.07) is 4.49. The number of hydrogen-bond donors (Lipinski definition) is 1. The first-order chi connectivity index (χ1) is 10.8. The molecular formula is C16H19F3N2O2. The minimum absolute atomic E-state index is 0.0414. The number of hydrogen-bond acceptors (Lipinski definition) is 2. The van der Waals surface area contributed by atoms with E-state index in [1.807, 2.05) is 0 Å². The maximum absolute atomic E-state index is 12.7. The maximum atomic E-state index is 12.7. The molecule has 2 amide bonds. The van der Waals surface area contributed by atoms with Crippen molar-refractivity contribution in [2.75, 3.05) is 11.9 Å². The summed E-state index contributed by atoms with van der Waals surface area (Å²) in [6.45, 7) is 1.26. The van der Waals surface area contributed by atoms with Crippen LogP contribution in [0.2, 0.25) is 0 Å². The average Bonchev–Trinajstić information content (AvgIpc) is 2.97. The molecule has 0 aromatic heterocycles. The SMILES string of the molecule is CC(=O)N(CC(=O)Nc1cccc(C(F)(F)F)c1)C1CCCC1. The van der Waals surface area contributed by atoms with Gasteiger partial charge in [0.25, 0.3) is 0 Å². The summed E-state index contributed by atoms with van der Waals surface area (Å²) in [5.41, 5.74) is -0.755. The van der Waals surface area contributed by atoms with Gasteiger partial charge in [-0.05, 0) is 31.0 Å². The zero-order valence-corrected chi connectivity index (χ0v) is 12.8. The van der Waals surface area contributed by atoms with Gasteiger partial charge in [-0.3, -0.25) is 9.59 Å². The van der Waals surface area contributed by atoms with Crippen molar-refractivity contribution in [3.63, 3.8) is 0 Å². The first kappa shape index (κ1) is 17.3. The monoisotopic (exact) mass is 328 g/mol. The summed E-state index contributed by atoms with van der Waals surface area (Å²) < 4.78 is 38.0. The van der Waals surface area contributed by atoms with E-state index in [4.69, 9.17) is 0 Å². The largest absolute Gasteiger partial charge is 0.416 e. The highest BCUT2D eigenvalue weighted by molar-refractivity contribution is 5.94. The number of amides is 2. The van der Waals surface area contributed by atoms with Crippen LogP contribution in [-0.4, -0.2) is 29.3 Å². The van der Waals surface area contributed by atoms with Gasteiger partial charge in [0.2, 0.25) is 11.8 Å². The number of nitrogens with zero attached hydrogens (tertiary/aromatic N) is 1. The van der Waals surface area contributed by atoms with Crippen molar-refractivity contribution in [3.8, 4) is 0 Å². The lowest BCUT2D eigenvalue weighted by Gasteiger charge is -2.27. The Morgan fingerprint density at radius 2 is 1.91 bits per heavy atom. The number of alkyl halides is 3. The van der Waals surface area contributed by atoms with Gasteiger partial charge >= 0.3 is 6.18 Å². The van der Waals surface area contributed by atoms with E-state index >= 15 is 0 Å². The molecular weight excluding hydrogens is 309 g/mol. The van der Waals surface area contributed by atoms with Gasteiger partial charge in [-0.15, -0.1) is 0 Å². The van der Waals surface area contributed by atoms with Gasteiger partial charge in [0.15, 0.2) is 0 Å². The molecule has 1 fully saturated rings. The van der Waals surface area contributed by atoms with Crippen molar-refractivity contribution in [2.45, 2.75) is 44.8 Å². The van der Waals surface area contributed by atoms with Gasteiger partial charge in [-0.1, -0.05) is 18.9 Å². The molecule has 0 atom stereocenters. The molecule has 1 aromatic carbocycles. The van der Waals surface area contributed by atoms with Crippen LogP contribution in [0.5, 0.6) is 0 Å². The summed E-state index contributed by atoms with van der Waals surface area (Å²) >= 11 is 0. The number of rotatable bonds is 4. The lowest BCUT2D eigenvalue weighted by Crippen LogP contribution is -2.42. The quantitative estimate of drug-likeness (QED) is 0.920. The van der Waals surface area contributed by atoms with Crippen LogP contribution in [-0.2, 0) is 15.8 Å². The number of anilines is 1. The Labute approximate surface area is 132 Å². The predicted octanol–water partition coefficient (Wildman–Crippen LogP) is 3.44. The van der Waals surface area contributed by atoms with Crippen LogP contribution in [0.1, 0.15) is 38.2 Å². The van der Waals surface area contributed by atoms with E-state index in [9.17, 15) is 22.8 Å². The van der Waals surface area contributed by atoms with E-state index in [1.54, 1.807) is 0 Å². The molecule has 0 spiro atoms. The van der Waals surface area contributed by atoms with Crippen molar-refractivity contribution in [1.29, 1.82) is 0 Å². The first-order valence-corrected chi connectivity index (χ1v) is 7.51. The van der Waals surface area contributed by atoms with E-state index in [1.165, 1.54) is 24.0 Å². The molecule has 0 aliphatic heterocycles. The fourth-order valence-corrected chi connectivity index (χ4v) is 2.84. The topological polar surface area (TPSA) is 49.4 Å². The van der Waals surface area contributed by atoms with Gasteiger partial charge in [0.1, 0.15) is 6.54 Å². The fourth-order valence-electron chi connectivity index (χ4n) is 2.84. The summed E-state index contributed by atoms with van der Waals surface area (Å²) in [6.07, 6.45) is -0.712. The molecule has 23 heavy (non-hydrogen) atoms. The van der Waals surface area contributed by atoms with E-state index in [-0.39, 0.29) is 24.2 Å². The van der Waals surface area contributed by atoms with Crippen molar-refractivity contribution >= 4 is 17.5 Å². The summed E-state index contributed by atoms with van der Waals surface area (Å²) in [5.74, 6) is -0.692. The standard InChI is InChI=1S/C16H19F3N2O2/c1-11(22)21(14-7-2-3-8-14)10-15(23)20-13-6-4-5-12(9-13)16(17,18)19/h4-6,9,14H,2-3,7-8,10H2,1H3,(H,20,23). The Morgan fingerprint density at radius 1 is 1.26 bits per heavy atom. The van der Waals surface area contributed by atoms with E-state index in [0.717, 1.165) is 37.8 Å². The molecule has 2 rings (SSSR count). The minimum Gasteiger partial charge on any atom is -0.331 e. The second kappa shape index (κ2) is 7.02. The average molecular weight is 328 g/mol. The molecule has 0 heterocycles. The lowest BCUT2D eigenvalue weighted by atomic mass is 10.2. The zero-order valence-electron chi connectivity index (χ0n) is 12.8. The van der Waals surface area contributed by atoms with Gasteiger partial charge in [-0.25, -0.2) is 0 Å². The number of nitrogens with one attached hydrogen (secondary N) is 1. The molecule has 0 unspecified atom stereocenters. The third-order valence-corrected chi connectivity index (χ3v) is 3.96. The molecule has 1 saturated carbocycles. The van der Waals surface area contributed by atoms with Crippen LogP contribution in [0.3, 0.4) is 0 Å². The van der Waals surface area contributed by atoms with Crippen molar-refractivity contribution in [1.82, 2.24) is 4.90 Å². The molecule has 1 aliphatic carbocycles. The molecule has 1 N–H and O–H groups in total. The molecule has 126 valence electrons. The Kier molecular flexibility index (Phi) is 5.28. The number of benzene rings is 1. The summed E-state index contributed by atoms with van der Waals surface area (Å²) in [5, 5.41) is 2.43. The van der Waals surface area contributed by atoms with Crippen LogP contribution in [0, 0.1) is 0 Å². The fraction of sp³-hybridized carbons (Fsp3) is 0.500. The number of carbonyl (C=O) groups excluding carboxylic acids is 2. The summed E-state index contributed by atoms with van der Waals surface area (Å²) in [4.78, 5) is 25.3. The predicted molar refractivity (Wildman–Crippen MR) is 79.7 cm³/mol. The van der Waals surface area contributed by atoms with Gasteiger partial charge in [-0.2, -0.15) is 13.2 Å². The maximum Gasteiger partial charge on any atom is 0.416 e. The van der Waals surface area contributed by atoms with E-state index in [2.05, 4.69) is 5.32 Å². The molecule has 0 saturated heterocycles. The molecule has 4 nitrogen and oxygen atoms in total. The highest BCUT2D eigenvalue weighted by Gasteiger charge is 2.31. The normalized spacial score (nSPS) is 15.5. The van der Waals surface area contributed by atoms with Crippen LogP contribution >= 0.6 is 0 Å². The van der Waals surface area contributed by atoms with Gasteiger partial charge in [0.05, 0.1) is 5.56 Å². The second-order valence-electron chi connectivity index (χ2n) is 5.71. The third kappa shape index (κ3) is 4.71. The Balaban J connectivity index is 2.02. The van der Waals surface area contributed by atoms with Crippen LogP contribution in [0.25, 0.3) is 0 Å². The third-order valence-electron chi connectivity index (χ3n) is 3.96. The molecule has 7 heteroatoms. The van der Waals surface area contributed by atoms with Crippen molar-refractivity contribution in [2.24, 2.45) is 0 Å². The smallest absolute Gasteiger partial charge is 0.331 e.